The van der Waals surface area contributed by atoms with E-state index in [-0.39, 0.29) is 5.75 Å². The number of phenols is 1. The Morgan fingerprint density at radius 1 is 1.26 bits per heavy atom. The van der Waals surface area contributed by atoms with Crippen molar-refractivity contribution in [1.82, 2.24) is 19.7 Å². The molecule has 0 aliphatic carbocycles. The number of nitrogens with one attached hydrogen (secondary N) is 2. The second kappa shape index (κ2) is 5.75. The van der Waals surface area contributed by atoms with E-state index in [0.29, 0.717) is 11.8 Å². The van der Waals surface area contributed by atoms with Gasteiger partial charge in [-0.1, -0.05) is 6.07 Å². The Morgan fingerprint density at radius 3 is 2.78 bits per heavy atom. The molecule has 2 heterocycles. The molecular formula is C16H20N6O. The highest BCUT2D eigenvalue weighted by Gasteiger charge is 2.14. The number of phenolic OH excluding ortho intramolecular Hbond substituents is 1. The van der Waals surface area contributed by atoms with Crippen LogP contribution in [0.4, 0.5) is 17.5 Å². The Kier molecular flexibility index (Phi) is 3.77. The third-order valence-corrected chi connectivity index (χ3v) is 3.80. The van der Waals surface area contributed by atoms with Gasteiger partial charge in [-0.25, -0.2) is 9.67 Å². The highest BCUT2D eigenvalue weighted by molar-refractivity contribution is 5.90. The van der Waals surface area contributed by atoms with Crippen LogP contribution >= 0.6 is 0 Å². The summed E-state index contributed by atoms with van der Waals surface area (Å²) in [5.74, 6) is 1.51. The molecule has 0 bridgehead atoms. The first-order valence-corrected chi connectivity index (χ1v) is 7.51. The number of aromatic hydroxyl groups is 1. The van der Waals surface area contributed by atoms with Gasteiger partial charge in [0.05, 0.1) is 5.39 Å². The summed E-state index contributed by atoms with van der Waals surface area (Å²) in [5.41, 5.74) is 3.41. The lowest BCUT2D eigenvalue weighted by atomic mass is 10.1. The predicted octanol–water partition coefficient (Wildman–Crippen LogP) is 2.86. The van der Waals surface area contributed by atoms with Gasteiger partial charge < -0.3 is 15.7 Å². The van der Waals surface area contributed by atoms with Crippen molar-refractivity contribution in [2.75, 3.05) is 17.2 Å². The van der Waals surface area contributed by atoms with Crippen molar-refractivity contribution in [3.05, 3.63) is 29.5 Å². The van der Waals surface area contributed by atoms with Crippen LogP contribution in [0, 0.1) is 13.8 Å². The Balaban J connectivity index is 2.06. The number of aryl methyl sites for hydroxylation is 2. The molecule has 0 spiro atoms. The summed E-state index contributed by atoms with van der Waals surface area (Å²) in [6, 6.07) is 3.56. The lowest BCUT2D eigenvalue weighted by molar-refractivity contribution is 0.471. The van der Waals surface area contributed by atoms with Crippen LogP contribution < -0.4 is 10.6 Å². The van der Waals surface area contributed by atoms with E-state index in [4.69, 9.17) is 0 Å². The smallest absolute Gasteiger partial charge is 0.224 e. The summed E-state index contributed by atoms with van der Waals surface area (Å²) in [6.07, 6.45) is 1.75. The van der Waals surface area contributed by atoms with E-state index in [9.17, 15) is 5.11 Å². The second-order valence-corrected chi connectivity index (χ2v) is 5.46. The Hall–Kier alpha value is -2.83. The number of fused-ring (bicyclic) bond motifs is 1. The van der Waals surface area contributed by atoms with Crippen LogP contribution in [0.1, 0.15) is 18.1 Å². The van der Waals surface area contributed by atoms with Crippen LogP contribution in [0.5, 0.6) is 5.75 Å². The summed E-state index contributed by atoms with van der Waals surface area (Å²) < 4.78 is 1.72. The molecule has 0 radical (unpaired) electrons. The van der Waals surface area contributed by atoms with E-state index in [1.54, 1.807) is 16.9 Å². The molecule has 7 nitrogen and oxygen atoms in total. The van der Waals surface area contributed by atoms with E-state index in [2.05, 4.69) is 25.7 Å². The van der Waals surface area contributed by atoms with Gasteiger partial charge in [-0.15, -0.1) is 0 Å². The Bertz CT molecular complexity index is 871. The SMILES string of the molecule is CCNc1ncc2c(Nc3c(C)ccc(O)c3C)nn(C)c2n1. The van der Waals surface area contributed by atoms with Crippen molar-refractivity contribution in [3.8, 4) is 5.75 Å². The number of hydrogen-bond acceptors (Lipinski definition) is 6. The van der Waals surface area contributed by atoms with Crippen molar-refractivity contribution in [1.29, 1.82) is 0 Å². The Labute approximate surface area is 134 Å². The minimum absolute atomic E-state index is 0.254. The van der Waals surface area contributed by atoms with Gasteiger partial charge in [0, 0.05) is 31.0 Å². The molecule has 0 fully saturated rings. The molecule has 0 aliphatic heterocycles. The first-order valence-electron chi connectivity index (χ1n) is 7.51. The summed E-state index contributed by atoms with van der Waals surface area (Å²) in [6.45, 7) is 6.61. The standard InChI is InChI=1S/C16H20N6O/c1-5-17-16-18-8-11-14(21-22(4)15(11)20-16)19-13-9(2)6-7-12(23)10(13)3/h6-8,23H,5H2,1-4H3,(H,19,21)(H,17,18,20). The molecule has 2 aromatic heterocycles. The highest BCUT2D eigenvalue weighted by Crippen LogP contribution is 2.32. The lowest BCUT2D eigenvalue weighted by Crippen LogP contribution is -2.02. The molecular weight excluding hydrogens is 292 g/mol. The number of benzene rings is 1. The van der Waals surface area contributed by atoms with E-state index in [0.717, 1.165) is 34.4 Å². The van der Waals surface area contributed by atoms with Crippen molar-refractivity contribution < 1.29 is 5.11 Å². The van der Waals surface area contributed by atoms with Crippen LogP contribution in [0.3, 0.4) is 0 Å². The molecule has 1 aromatic carbocycles. The maximum atomic E-state index is 9.92. The zero-order valence-electron chi connectivity index (χ0n) is 13.7. The van der Waals surface area contributed by atoms with Gasteiger partial charge in [0.2, 0.25) is 5.95 Å². The zero-order valence-corrected chi connectivity index (χ0v) is 13.7. The summed E-state index contributed by atoms with van der Waals surface area (Å²) in [4.78, 5) is 8.79. The molecule has 7 heteroatoms. The quantitative estimate of drug-likeness (QED) is 0.686. The maximum Gasteiger partial charge on any atom is 0.224 e. The third-order valence-electron chi connectivity index (χ3n) is 3.80. The Morgan fingerprint density at radius 2 is 2.04 bits per heavy atom. The predicted molar refractivity (Wildman–Crippen MR) is 91.3 cm³/mol. The van der Waals surface area contributed by atoms with Gasteiger partial charge in [-0.05, 0) is 32.4 Å². The van der Waals surface area contributed by atoms with Crippen molar-refractivity contribution in [2.45, 2.75) is 20.8 Å². The summed E-state index contributed by atoms with van der Waals surface area (Å²) >= 11 is 0. The van der Waals surface area contributed by atoms with Crippen molar-refractivity contribution in [2.24, 2.45) is 7.05 Å². The van der Waals surface area contributed by atoms with Crippen LogP contribution in [-0.2, 0) is 7.05 Å². The van der Waals surface area contributed by atoms with E-state index in [1.165, 1.54) is 0 Å². The highest BCUT2D eigenvalue weighted by atomic mass is 16.3. The van der Waals surface area contributed by atoms with Crippen LogP contribution in [-0.4, -0.2) is 31.4 Å². The number of aromatic nitrogens is 4. The fraction of sp³-hybridized carbons (Fsp3) is 0.312. The molecule has 3 aromatic rings. The van der Waals surface area contributed by atoms with Crippen molar-refractivity contribution >= 4 is 28.5 Å². The minimum Gasteiger partial charge on any atom is -0.508 e. The van der Waals surface area contributed by atoms with Gasteiger partial charge in [0.25, 0.3) is 0 Å². The molecule has 0 unspecified atom stereocenters. The first kappa shape index (κ1) is 15.1. The van der Waals surface area contributed by atoms with Gasteiger partial charge in [0.1, 0.15) is 5.75 Å². The molecule has 0 aliphatic rings. The van der Waals surface area contributed by atoms with Crippen LogP contribution in [0.25, 0.3) is 11.0 Å². The maximum absolute atomic E-state index is 9.92. The summed E-state index contributed by atoms with van der Waals surface area (Å²) in [7, 11) is 1.85. The normalized spacial score (nSPS) is 11.0. The second-order valence-electron chi connectivity index (χ2n) is 5.46. The van der Waals surface area contributed by atoms with Gasteiger partial charge >= 0.3 is 0 Å². The van der Waals surface area contributed by atoms with E-state index >= 15 is 0 Å². The topological polar surface area (TPSA) is 87.9 Å². The lowest BCUT2D eigenvalue weighted by Gasteiger charge is -2.12. The first-order chi connectivity index (χ1) is 11.0. The average Bonchev–Trinajstić information content (AvgIpc) is 2.84. The molecule has 0 saturated heterocycles. The molecule has 3 rings (SSSR count). The fourth-order valence-electron chi connectivity index (χ4n) is 2.52. The minimum atomic E-state index is 0.254. The van der Waals surface area contributed by atoms with Gasteiger partial charge in [0.15, 0.2) is 11.5 Å². The third kappa shape index (κ3) is 2.65. The largest absolute Gasteiger partial charge is 0.508 e. The van der Waals surface area contributed by atoms with E-state index < -0.39 is 0 Å². The molecule has 3 N–H and O–H groups in total. The zero-order chi connectivity index (χ0) is 16.6. The molecule has 0 atom stereocenters. The number of hydrogen-bond donors (Lipinski definition) is 3. The van der Waals surface area contributed by atoms with Crippen molar-refractivity contribution in [3.63, 3.8) is 0 Å². The average molecular weight is 312 g/mol. The summed E-state index contributed by atoms with van der Waals surface area (Å²) in [5, 5.41) is 21.6. The fourth-order valence-corrected chi connectivity index (χ4v) is 2.52. The molecule has 0 amide bonds. The number of anilines is 3. The van der Waals surface area contributed by atoms with Gasteiger partial charge in [-0.2, -0.15) is 10.1 Å². The van der Waals surface area contributed by atoms with Crippen LogP contribution in [0.15, 0.2) is 18.3 Å². The molecule has 120 valence electrons. The molecule has 23 heavy (non-hydrogen) atoms. The van der Waals surface area contributed by atoms with Crippen LogP contribution in [0.2, 0.25) is 0 Å². The number of rotatable bonds is 4. The molecule has 0 saturated carbocycles. The number of nitrogens with zero attached hydrogens (tertiary/aromatic N) is 4. The van der Waals surface area contributed by atoms with Gasteiger partial charge in [-0.3, -0.25) is 0 Å². The monoisotopic (exact) mass is 312 g/mol. The van der Waals surface area contributed by atoms with E-state index in [1.807, 2.05) is 33.9 Å².